The van der Waals surface area contributed by atoms with E-state index in [-0.39, 0.29) is 31.0 Å². The number of rotatable bonds is 10. The second kappa shape index (κ2) is 14.4. The fourth-order valence-electron chi connectivity index (χ4n) is 4.71. The number of carbonyl (C=O) groups is 1. The van der Waals surface area contributed by atoms with E-state index in [9.17, 15) is 4.79 Å². The average molecular weight is 563 g/mol. The molecule has 1 atom stereocenters. The Labute approximate surface area is 239 Å². The maximum Gasteiger partial charge on any atom is 0.318 e. The summed E-state index contributed by atoms with van der Waals surface area (Å²) in [4.78, 5) is 28.0. The molecule has 0 spiro atoms. The highest BCUT2D eigenvalue weighted by atomic mass is 16.5. The third-order valence-electron chi connectivity index (χ3n) is 7.19. The molecule has 1 amide bonds. The normalized spacial score (nSPS) is 17.5. The summed E-state index contributed by atoms with van der Waals surface area (Å²) >= 11 is 0. The highest BCUT2D eigenvalue weighted by Crippen LogP contribution is 2.38. The van der Waals surface area contributed by atoms with E-state index in [1.165, 1.54) is 31.9 Å². The van der Waals surface area contributed by atoms with Crippen LogP contribution in [0.4, 0.5) is 5.82 Å². The number of hydrogen-bond acceptors (Lipinski definition) is 10. The molecule has 0 aromatic carbocycles. The summed E-state index contributed by atoms with van der Waals surface area (Å²) in [5.74, 6) is 1.87. The predicted molar refractivity (Wildman–Crippen MR) is 154 cm³/mol. The number of aromatic nitrogens is 5. The molecular formula is C29H38N8O4. The Morgan fingerprint density at radius 1 is 1.27 bits per heavy atom. The molecule has 1 unspecified atom stereocenters. The average Bonchev–Trinajstić information content (AvgIpc) is 3.97. The number of aromatic amines is 1. The maximum absolute atomic E-state index is 12.7. The molecule has 1 aliphatic heterocycles. The Morgan fingerprint density at radius 3 is 2.63 bits per heavy atom. The summed E-state index contributed by atoms with van der Waals surface area (Å²) in [5.41, 5.74) is 3.14. The first-order valence-electron chi connectivity index (χ1n) is 14.0. The Balaban J connectivity index is 0.000000713. The number of nitriles is 1. The van der Waals surface area contributed by atoms with E-state index in [0.29, 0.717) is 35.4 Å². The lowest BCUT2D eigenvalue weighted by molar-refractivity contribution is 0.0946. The minimum Gasteiger partial charge on any atom is -0.490 e. The van der Waals surface area contributed by atoms with Crippen molar-refractivity contribution in [2.45, 2.75) is 50.9 Å². The first-order valence-corrected chi connectivity index (χ1v) is 14.0. The van der Waals surface area contributed by atoms with Gasteiger partial charge in [-0.25, -0.2) is 10.2 Å². The standard InChI is InChI=1S/C25H31N7O4.C3H6.CHN/c1-15-13-17(15)3-7-27-24(34)18-14-20(29-25(28-18)35-2)32-9-5-16(6-10-32)22-21-19(36-12-11-33)4-8-26-23(21)31-30-22;1-2-3-1;1-2/h4,8,14,16-17,33H,1,3,5-7,9-13H2,2H3,(H,27,34)(H,26,30,31);1-3H2;1H. The van der Waals surface area contributed by atoms with E-state index in [2.05, 4.69) is 48.5 Å². The molecule has 3 aliphatic rings. The van der Waals surface area contributed by atoms with E-state index in [4.69, 9.17) is 19.8 Å². The Morgan fingerprint density at radius 2 is 2.00 bits per heavy atom. The van der Waals surface area contributed by atoms with Crippen LogP contribution in [0.5, 0.6) is 11.8 Å². The number of fused-ring (bicyclic) bond motifs is 1. The number of aliphatic hydroxyl groups excluding tert-OH is 1. The summed E-state index contributed by atoms with van der Waals surface area (Å²) in [6, 6.07) is 3.70. The number of allylic oxidation sites excluding steroid dienone is 1. The maximum atomic E-state index is 12.7. The molecule has 1 saturated heterocycles. The number of pyridine rings is 1. The number of nitrogens with one attached hydrogen (secondary N) is 2. The SMILES string of the molecule is C#N.C1CC1.C=C1CC1CCNC(=O)c1cc(N2CCC(c3[nH]nc4nccc(OCCO)c34)CC2)nc(OC)n1. The number of amides is 1. The topological polar surface area (TPSA) is 162 Å². The van der Waals surface area contributed by atoms with Crippen molar-refractivity contribution in [3.8, 4) is 18.3 Å². The third-order valence-corrected chi connectivity index (χ3v) is 7.19. The summed E-state index contributed by atoms with van der Waals surface area (Å²) in [6.45, 7) is 9.68. The number of ether oxygens (including phenoxy) is 2. The van der Waals surface area contributed by atoms with Gasteiger partial charge in [0.15, 0.2) is 5.65 Å². The van der Waals surface area contributed by atoms with Crippen molar-refractivity contribution in [1.29, 1.82) is 5.26 Å². The van der Waals surface area contributed by atoms with Crippen LogP contribution in [0.15, 0.2) is 30.5 Å². The molecule has 3 N–H and O–H groups in total. The number of hydrogen-bond donors (Lipinski definition) is 3. The number of aliphatic hydroxyl groups is 1. The fourth-order valence-corrected chi connectivity index (χ4v) is 4.71. The Bertz CT molecular complexity index is 1340. The molecule has 12 heteroatoms. The zero-order valence-corrected chi connectivity index (χ0v) is 23.5. The highest BCUT2D eigenvalue weighted by Gasteiger charge is 2.28. The van der Waals surface area contributed by atoms with Gasteiger partial charge in [-0.05, 0) is 37.7 Å². The summed E-state index contributed by atoms with van der Waals surface area (Å²) in [6.07, 6.45) is 9.81. The van der Waals surface area contributed by atoms with Crippen molar-refractivity contribution in [3.05, 3.63) is 41.9 Å². The number of piperidine rings is 1. The quantitative estimate of drug-likeness (QED) is 0.312. The number of H-pyrrole nitrogens is 1. The lowest BCUT2D eigenvalue weighted by atomic mass is 9.92. The van der Waals surface area contributed by atoms with E-state index in [1.807, 2.05) is 0 Å². The van der Waals surface area contributed by atoms with Crippen LogP contribution in [0.3, 0.4) is 0 Å². The van der Waals surface area contributed by atoms with Gasteiger partial charge < -0.3 is 24.8 Å². The van der Waals surface area contributed by atoms with Gasteiger partial charge in [0.05, 0.1) is 24.8 Å². The largest absolute Gasteiger partial charge is 0.490 e. The van der Waals surface area contributed by atoms with Gasteiger partial charge in [0.25, 0.3) is 5.91 Å². The van der Waals surface area contributed by atoms with Crippen LogP contribution in [-0.4, -0.2) is 76.1 Å². The molecule has 0 bridgehead atoms. The number of nitrogens with zero attached hydrogens (tertiary/aromatic N) is 6. The van der Waals surface area contributed by atoms with Gasteiger partial charge in [-0.1, -0.05) is 31.4 Å². The van der Waals surface area contributed by atoms with Crippen LogP contribution in [0, 0.1) is 17.8 Å². The van der Waals surface area contributed by atoms with Crippen molar-refractivity contribution in [2.24, 2.45) is 5.92 Å². The van der Waals surface area contributed by atoms with Crippen LogP contribution in [0.2, 0.25) is 0 Å². The molecule has 41 heavy (non-hydrogen) atoms. The van der Waals surface area contributed by atoms with Crippen LogP contribution in [0.25, 0.3) is 11.0 Å². The van der Waals surface area contributed by atoms with Crippen molar-refractivity contribution < 1.29 is 19.4 Å². The van der Waals surface area contributed by atoms with Crippen LogP contribution in [0.1, 0.15) is 67.0 Å². The van der Waals surface area contributed by atoms with Crippen LogP contribution < -0.4 is 19.7 Å². The predicted octanol–water partition coefficient (Wildman–Crippen LogP) is 3.52. The number of carbonyl (C=O) groups excluding carboxylic acids is 1. The molecule has 3 aromatic rings. The fraction of sp³-hybridized carbons (Fsp3) is 0.517. The van der Waals surface area contributed by atoms with Crippen LogP contribution in [-0.2, 0) is 0 Å². The van der Waals surface area contributed by atoms with Crippen molar-refractivity contribution >= 4 is 22.8 Å². The second-order valence-electron chi connectivity index (χ2n) is 10.2. The lowest BCUT2D eigenvalue weighted by Gasteiger charge is -2.32. The first-order chi connectivity index (χ1) is 20.1. The highest BCUT2D eigenvalue weighted by molar-refractivity contribution is 5.93. The number of anilines is 1. The monoisotopic (exact) mass is 562 g/mol. The Kier molecular flexibility index (Phi) is 10.5. The van der Waals surface area contributed by atoms with Gasteiger partial charge >= 0.3 is 6.01 Å². The Hall–Kier alpha value is -4.24. The summed E-state index contributed by atoms with van der Waals surface area (Å²) in [5, 5.41) is 27.0. The van der Waals surface area contributed by atoms with E-state index in [0.717, 1.165) is 49.9 Å². The van der Waals surface area contributed by atoms with Gasteiger partial charge in [0.1, 0.15) is 23.9 Å². The molecule has 6 rings (SSSR count). The molecule has 0 radical (unpaired) electrons. The molecular weight excluding hydrogens is 524 g/mol. The lowest BCUT2D eigenvalue weighted by Crippen LogP contribution is -2.34. The molecule has 3 aromatic heterocycles. The number of methoxy groups -OCH3 is 1. The third kappa shape index (κ3) is 7.91. The molecule has 4 heterocycles. The van der Waals surface area contributed by atoms with Crippen molar-refractivity contribution in [3.63, 3.8) is 0 Å². The van der Waals surface area contributed by atoms with Gasteiger partial charge in [-0.15, -0.1) is 0 Å². The van der Waals surface area contributed by atoms with E-state index < -0.39 is 0 Å². The van der Waals surface area contributed by atoms with E-state index >= 15 is 0 Å². The van der Waals surface area contributed by atoms with Gasteiger partial charge in [-0.2, -0.15) is 15.1 Å². The van der Waals surface area contributed by atoms with Crippen LogP contribution >= 0.6 is 0 Å². The summed E-state index contributed by atoms with van der Waals surface area (Å²) in [7, 11) is 1.50. The minimum atomic E-state index is -0.232. The molecule has 3 fully saturated rings. The molecule has 2 saturated carbocycles. The second-order valence-corrected chi connectivity index (χ2v) is 10.2. The molecule has 12 nitrogen and oxygen atoms in total. The van der Waals surface area contributed by atoms with Crippen molar-refractivity contribution in [2.75, 3.05) is 44.9 Å². The van der Waals surface area contributed by atoms with Gasteiger partial charge in [-0.3, -0.25) is 9.89 Å². The van der Waals surface area contributed by atoms with Gasteiger partial charge in [0, 0.05) is 44.4 Å². The molecule has 2 aliphatic carbocycles. The first kappa shape index (κ1) is 29.7. The van der Waals surface area contributed by atoms with Crippen molar-refractivity contribution in [1.82, 2.24) is 30.5 Å². The zero-order valence-electron chi connectivity index (χ0n) is 23.5. The molecule has 218 valence electrons. The minimum absolute atomic E-state index is 0.0614. The smallest absolute Gasteiger partial charge is 0.318 e. The van der Waals surface area contributed by atoms with E-state index in [1.54, 1.807) is 18.3 Å². The zero-order chi connectivity index (χ0) is 29.2. The van der Waals surface area contributed by atoms with Gasteiger partial charge in [0.2, 0.25) is 0 Å². The summed E-state index contributed by atoms with van der Waals surface area (Å²) < 4.78 is 11.0.